The molecule has 1 aliphatic carbocycles. The quantitative estimate of drug-likeness (QED) is 0.679. The number of benzene rings is 1. The first-order valence-electron chi connectivity index (χ1n) is 10.4. The zero-order valence-electron chi connectivity index (χ0n) is 18.0. The van der Waals surface area contributed by atoms with Gasteiger partial charge >= 0.3 is 5.97 Å². The van der Waals surface area contributed by atoms with Crippen LogP contribution in [0.15, 0.2) is 36.4 Å². The van der Waals surface area contributed by atoms with Gasteiger partial charge < -0.3 is 14.2 Å². The van der Waals surface area contributed by atoms with Gasteiger partial charge in [-0.1, -0.05) is 49.6 Å². The lowest BCUT2D eigenvalue weighted by molar-refractivity contribution is -0.138. The number of rotatable bonds is 6. The molecule has 0 radical (unpaired) electrons. The molecular weight excluding hydrogens is 378 g/mol. The molecule has 6 heteroatoms. The summed E-state index contributed by atoms with van der Waals surface area (Å²) in [7, 11) is 1.64. The Hall–Kier alpha value is -3.07. The van der Waals surface area contributed by atoms with E-state index in [2.05, 4.69) is 10.6 Å². The van der Waals surface area contributed by atoms with Crippen LogP contribution in [0.3, 0.4) is 0 Å². The van der Waals surface area contributed by atoms with E-state index >= 15 is 0 Å². The zero-order valence-corrected chi connectivity index (χ0v) is 18.0. The van der Waals surface area contributed by atoms with Gasteiger partial charge in [0.25, 0.3) is 5.91 Å². The number of aryl methyl sites for hydroxylation is 1. The molecule has 1 aromatic heterocycles. The van der Waals surface area contributed by atoms with Crippen molar-refractivity contribution in [3.8, 4) is 6.07 Å². The molecule has 0 aliphatic heterocycles. The number of nitriles is 1. The summed E-state index contributed by atoms with van der Waals surface area (Å²) >= 11 is 0. The maximum absolute atomic E-state index is 12.7. The molecule has 1 saturated carbocycles. The van der Waals surface area contributed by atoms with Crippen LogP contribution in [0.25, 0.3) is 0 Å². The van der Waals surface area contributed by atoms with Crippen molar-refractivity contribution in [1.29, 1.82) is 5.26 Å². The Balaban J connectivity index is 1.66. The fourth-order valence-electron chi connectivity index (χ4n) is 4.22. The van der Waals surface area contributed by atoms with Gasteiger partial charge in [0.05, 0.1) is 11.6 Å². The van der Waals surface area contributed by atoms with Crippen LogP contribution in [0, 0.1) is 25.2 Å². The first-order chi connectivity index (χ1) is 14.4. The molecule has 1 amide bonds. The van der Waals surface area contributed by atoms with Crippen LogP contribution in [0.2, 0.25) is 0 Å². The normalized spacial score (nSPS) is 15.3. The van der Waals surface area contributed by atoms with Gasteiger partial charge in [-0.3, -0.25) is 4.79 Å². The van der Waals surface area contributed by atoms with E-state index in [1.165, 1.54) is 4.90 Å². The van der Waals surface area contributed by atoms with E-state index in [1.54, 1.807) is 13.1 Å². The smallest absolute Gasteiger partial charge is 0.340 e. The molecule has 0 spiro atoms. The summed E-state index contributed by atoms with van der Waals surface area (Å²) in [6.45, 7) is 4.14. The van der Waals surface area contributed by atoms with Crippen LogP contribution in [0.5, 0.6) is 0 Å². The van der Waals surface area contributed by atoms with Gasteiger partial charge in [0, 0.05) is 25.0 Å². The lowest BCUT2D eigenvalue weighted by Crippen LogP contribution is -2.51. The van der Waals surface area contributed by atoms with Gasteiger partial charge in [-0.25, -0.2) is 4.79 Å². The number of amides is 1. The predicted molar refractivity (Wildman–Crippen MR) is 114 cm³/mol. The molecule has 1 aromatic carbocycles. The van der Waals surface area contributed by atoms with Gasteiger partial charge in [-0.05, 0) is 38.3 Å². The second kappa shape index (κ2) is 9.17. The van der Waals surface area contributed by atoms with E-state index in [1.807, 2.05) is 44.2 Å². The molecule has 0 N–H and O–H groups in total. The van der Waals surface area contributed by atoms with Gasteiger partial charge in [-0.2, -0.15) is 5.26 Å². The third-order valence-electron chi connectivity index (χ3n) is 6.21. The van der Waals surface area contributed by atoms with Crippen molar-refractivity contribution in [1.82, 2.24) is 9.47 Å². The Morgan fingerprint density at radius 1 is 1.17 bits per heavy atom. The molecule has 0 bridgehead atoms. The van der Waals surface area contributed by atoms with Crippen molar-refractivity contribution < 1.29 is 14.3 Å². The minimum absolute atomic E-state index is 0.343. The molecule has 1 aliphatic rings. The molecule has 0 atom stereocenters. The lowest BCUT2D eigenvalue weighted by atomic mass is 9.81. The molecule has 2 aromatic rings. The Bertz CT molecular complexity index is 950. The third-order valence-corrected chi connectivity index (χ3v) is 6.21. The van der Waals surface area contributed by atoms with Crippen LogP contribution in [-0.4, -0.2) is 40.5 Å². The SMILES string of the molecule is Cc1cc(C(=O)OCC(=O)N(C)C2(C#N)CCCCC2)c(C)n1Cc1ccccc1. The van der Waals surface area contributed by atoms with Crippen LogP contribution >= 0.6 is 0 Å². The Kier molecular flexibility index (Phi) is 6.61. The van der Waals surface area contributed by atoms with E-state index in [0.29, 0.717) is 24.9 Å². The minimum Gasteiger partial charge on any atom is -0.452 e. The topological polar surface area (TPSA) is 75.3 Å². The van der Waals surface area contributed by atoms with Crippen molar-refractivity contribution in [3.05, 3.63) is 58.9 Å². The fraction of sp³-hybridized carbons (Fsp3) is 0.458. The summed E-state index contributed by atoms with van der Waals surface area (Å²) in [5.74, 6) is -0.858. The molecule has 0 unspecified atom stereocenters. The third kappa shape index (κ3) is 4.40. The Morgan fingerprint density at radius 3 is 2.47 bits per heavy atom. The molecule has 1 heterocycles. The average Bonchev–Trinajstić information content (AvgIpc) is 3.06. The number of aromatic nitrogens is 1. The van der Waals surface area contributed by atoms with E-state index in [0.717, 1.165) is 36.2 Å². The number of likely N-dealkylation sites (N-methyl/N-ethyl adjacent to an activating group) is 1. The standard InChI is InChI=1S/C24H29N3O3/c1-18-14-21(19(2)27(18)15-20-10-6-4-7-11-20)23(29)30-16-22(28)26(3)24(17-25)12-8-5-9-13-24/h4,6-7,10-11,14H,5,8-9,12-13,15-16H2,1-3H3. The van der Waals surface area contributed by atoms with Crippen LogP contribution < -0.4 is 0 Å². The summed E-state index contributed by atoms with van der Waals surface area (Å²) in [6.07, 6.45) is 4.27. The summed E-state index contributed by atoms with van der Waals surface area (Å²) in [5, 5.41) is 9.65. The maximum Gasteiger partial charge on any atom is 0.340 e. The lowest BCUT2D eigenvalue weighted by Gasteiger charge is -2.38. The van der Waals surface area contributed by atoms with Gasteiger partial charge in [0.15, 0.2) is 6.61 Å². The average molecular weight is 408 g/mol. The highest BCUT2D eigenvalue weighted by Crippen LogP contribution is 2.32. The highest BCUT2D eigenvalue weighted by molar-refractivity contribution is 5.93. The van der Waals surface area contributed by atoms with Gasteiger partial charge in [-0.15, -0.1) is 0 Å². The van der Waals surface area contributed by atoms with Gasteiger partial charge in [0.2, 0.25) is 0 Å². The predicted octanol–water partition coefficient (Wildman–Crippen LogP) is 3.99. The minimum atomic E-state index is -0.784. The maximum atomic E-state index is 12.7. The molecule has 3 rings (SSSR count). The largest absolute Gasteiger partial charge is 0.452 e. The first kappa shape index (κ1) is 21.6. The summed E-state index contributed by atoms with van der Waals surface area (Å²) in [5.41, 5.74) is 2.59. The number of esters is 1. The Labute approximate surface area is 178 Å². The number of hydrogen-bond donors (Lipinski definition) is 0. The second-order valence-corrected chi connectivity index (χ2v) is 8.09. The van der Waals surface area contributed by atoms with Crippen molar-refractivity contribution >= 4 is 11.9 Å². The first-order valence-corrected chi connectivity index (χ1v) is 10.4. The van der Waals surface area contributed by atoms with Crippen molar-refractivity contribution in [2.75, 3.05) is 13.7 Å². The number of nitrogens with zero attached hydrogens (tertiary/aromatic N) is 3. The number of carbonyl (C=O) groups excluding carboxylic acids is 2. The van der Waals surface area contributed by atoms with Gasteiger partial charge in [0.1, 0.15) is 5.54 Å². The molecule has 158 valence electrons. The highest BCUT2D eigenvalue weighted by atomic mass is 16.5. The highest BCUT2D eigenvalue weighted by Gasteiger charge is 2.39. The van der Waals surface area contributed by atoms with Crippen LogP contribution in [0.4, 0.5) is 0 Å². The molecular formula is C24H29N3O3. The zero-order chi connectivity index (χ0) is 21.7. The molecule has 30 heavy (non-hydrogen) atoms. The second-order valence-electron chi connectivity index (χ2n) is 8.09. The van der Waals surface area contributed by atoms with Crippen molar-refractivity contribution in [3.63, 3.8) is 0 Å². The number of hydrogen-bond acceptors (Lipinski definition) is 4. The van der Waals surface area contributed by atoms with Crippen molar-refractivity contribution in [2.24, 2.45) is 0 Å². The van der Waals surface area contributed by atoms with E-state index < -0.39 is 11.5 Å². The molecule has 6 nitrogen and oxygen atoms in total. The summed E-state index contributed by atoms with van der Waals surface area (Å²) in [4.78, 5) is 26.8. The van der Waals surface area contributed by atoms with Crippen LogP contribution in [-0.2, 0) is 16.1 Å². The molecule has 1 fully saturated rings. The monoisotopic (exact) mass is 407 g/mol. The number of ether oxygens (including phenoxy) is 1. The van der Waals surface area contributed by atoms with Crippen LogP contribution in [0.1, 0.15) is 59.4 Å². The Morgan fingerprint density at radius 2 is 1.83 bits per heavy atom. The number of carbonyl (C=O) groups is 2. The molecule has 0 saturated heterocycles. The van der Waals surface area contributed by atoms with E-state index in [4.69, 9.17) is 4.74 Å². The van der Waals surface area contributed by atoms with E-state index in [-0.39, 0.29) is 12.5 Å². The van der Waals surface area contributed by atoms with Crippen molar-refractivity contribution in [2.45, 2.75) is 58.0 Å². The van der Waals surface area contributed by atoms with E-state index in [9.17, 15) is 14.9 Å². The summed E-state index contributed by atoms with van der Waals surface area (Å²) in [6, 6.07) is 14.2. The summed E-state index contributed by atoms with van der Waals surface area (Å²) < 4.78 is 7.40. The fourth-order valence-corrected chi connectivity index (χ4v) is 4.22.